The van der Waals surface area contributed by atoms with E-state index in [0.29, 0.717) is 12.6 Å². The van der Waals surface area contributed by atoms with Gasteiger partial charge in [-0.2, -0.15) is 0 Å². The number of hydrogen-bond acceptors (Lipinski definition) is 2. The molecule has 4 heteroatoms. The van der Waals surface area contributed by atoms with Gasteiger partial charge in [0.2, 0.25) is 0 Å². The summed E-state index contributed by atoms with van der Waals surface area (Å²) in [6.45, 7) is 4.22. The zero-order valence-electron chi connectivity index (χ0n) is 17.0. The molecular formula is C25H29N3O. The number of piperidine rings is 1. The lowest BCUT2D eigenvalue weighted by atomic mass is 9.92. The molecule has 0 spiro atoms. The molecule has 1 heterocycles. The molecule has 1 aliphatic rings. The van der Waals surface area contributed by atoms with Crippen molar-refractivity contribution in [2.45, 2.75) is 31.8 Å². The second kappa shape index (κ2) is 9.10. The van der Waals surface area contributed by atoms with E-state index < -0.39 is 0 Å². The summed E-state index contributed by atoms with van der Waals surface area (Å²) in [5.41, 5.74) is 2.58. The fourth-order valence-electron chi connectivity index (χ4n) is 4.26. The topological polar surface area (TPSA) is 44.4 Å². The maximum absolute atomic E-state index is 12.1. The van der Waals surface area contributed by atoms with Gasteiger partial charge in [0.05, 0.1) is 6.04 Å². The van der Waals surface area contributed by atoms with Crippen LogP contribution in [0.1, 0.15) is 36.9 Å². The van der Waals surface area contributed by atoms with Gasteiger partial charge < -0.3 is 15.5 Å². The van der Waals surface area contributed by atoms with Gasteiger partial charge in [0.25, 0.3) is 0 Å². The lowest BCUT2D eigenvalue weighted by molar-refractivity contribution is 0.175. The predicted octanol–water partition coefficient (Wildman–Crippen LogP) is 4.71. The summed E-state index contributed by atoms with van der Waals surface area (Å²) in [5.74, 6) is 0. The molecule has 3 aromatic rings. The summed E-state index contributed by atoms with van der Waals surface area (Å²) in [5, 5.41) is 9.37. The molecule has 1 aliphatic heterocycles. The van der Waals surface area contributed by atoms with Crippen molar-refractivity contribution in [3.63, 3.8) is 0 Å². The lowest BCUT2D eigenvalue weighted by Crippen LogP contribution is -2.49. The minimum absolute atomic E-state index is 0.0552. The molecule has 0 bridgehead atoms. The van der Waals surface area contributed by atoms with Crippen molar-refractivity contribution in [3.8, 4) is 0 Å². The molecule has 0 aliphatic carbocycles. The second-order valence-electron chi connectivity index (χ2n) is 7.68. The smallest absolute Gasteiger partial charge is 0.317 e. The highest BCUT2D eigenvalue weighted by molar-refractivity contribution is 5.86. The van der Waals surface area contributed by atoms with Gasteiger partial charge in [-0.15, -0.1) is 0 Å². The van der Waals surface area contributed by atoms with E-state index >= 15 is 0 Å². The molecule has 1 unspecified atom stereocenters. The lowest BCUT2D eigenvalue weighted by Gasteiger charge is -2.35. The molecule has 1 atom stereocenters. The van der Waals surface area contributed by atoms with Crippen LogP contribution < -0.4 is 10.6 Å². The van der Waals surface area contributed by atoms with Gasteiger partial charge in [-0.1, -0.05) is 72.8 Å². The summed E-state index contributed by atoms with van der Waals surface area (Å²) >= 11 is 0. The highest BCUT2D eigenvalue weighted by atomic mass is 16.2. The number of likely N-dealkylation sites (tertiary alicyclic amines) is 1. The van der Waals surface area contributed by atoms with Crippen molar-refractivity contribution in [3.05, 3.63) is 83.9 Å². The number of fused-ring (bicyclic) bond motifs is 1. The SMILES string of the molecule is CCNC(=O)N1CCC(NC(c2ccccc2)c2cccc3ccccc23)CC1. The summed E-state index contributed by atoms with van der Waals surface area (Å²) in [6, 6.07) is 26.4. The number of carbonyl (C=O) groups is 1. The Kier molecular flexibility index (Phi) is 6.11. The van der Waals surface area contributed by atoms with E-state index in [2.05, 4.69) is 83.4 Å². The van der Waals surface area contributed by atoms with Crippen LogP contribution in [0.3, 0.4) is 0 Å². The van der Waals surface area contributed by atoms with E-state index in [9.17, 15) is 4.79 Å². The first-order valence-corrected chi connectivity index (χ1v) is 10.6. The molecule has 0 saturated carbocycles. The van der Waals surface area contributed by atoms with Crippen LogP contribution in [-0.2, 0) is 0 Å². The number of urea groups is 1. The molecule has 1 fully saturated rings. The maximum Gasteiger partial charge on any atom is 0.317 e. The highest BCUT2D eigenvalue weighted by Gasteiger charge is 2.26. The zero-order chi connectivity index (χ0) is 20.1. The van der Waals surface area contributed by atoms with Crippen LogP contribution in [0.25, 0.3) is 10.8 Å². The third-order valence-electron chi connectivity index (χ3n) is 5.78. The third-order valence-corrected chi connectivity index (χ3v) is 5.78. The number of nitrogens with one attached hydrogen (secondary N) is 2. The average molecular weight is 388 g/mol. The van der Waals surface area contributed by atoms with Crippen molar-refractivity contribution in [1.29, 1.82) is 0 Å². The molecule has 3 aromatic carbocycles. The monoisotopic (exact) mass is 387 g/mol. The van der Waals surface area contributed by atoms with Crippen LogP contribution in [0.4, 0.5) is 4.79 Å². The maximum atomic E-state index is 12.1. The van der Waals surface area contributed by atoms with Crippen LogP contribution in [0.15, 0.2) is 72.8 Å². The fourth-order valence-corrected chi connectivity index (χ4v) is 4.26. The van der Waals surface area contributed by atoms with Gasteiger partial charge in [0.1, 0.15) is 0 Å². The summed E-state index contributed by atoms with van der Waals surface area (Å²) < 4.78 is 0. The number of amides is 2. The van der Waals surface area contributed by atoms with Crippen molar-refractivity contribution < 1.29 is 4.79 Å². The van der Waals surface area contributed by atoms with Crippen LogP contribution >= 0.6 is 0 Å². The minimum atomic E-state index is 0.0552. The number of nitrogens with zero attached hydrogens (tertiary/aromatic N) is 1. The summed E-state index contributed by atoms with van der Waals surface area (Å²) in [6.07, 6.45) is 1.93. The highest BCUT2D eigenvalue weighted by Crippen LogP contribution is 2.30. The molecule has 29 heavy (non-hydrogen) atoms. The zero-order valence-corrected chi connectivity index (χ0v) is 17.0. The molecule has 150 valence electrons. The Labute approximate surface area is 172 Å². The van der Waals surface area contributed by atoms with E-state index in [-0.39, 0.29) is 12.1 Å². The molecule has 2 amide bonds. The van der Waals surface area contributed by atoms with Crippen molar-refractivity contribution in [2.75, 3.05) is 19.6 Å². The Morgan fingerprint density at radius 2 is 1.66 bits per heavy atom. The second-order valence-corrected chi connectivity index (χ2v) is 7.68. The normalized spacial score (nSPS) is 16.0. The van der Waals surface area contributed by atoms with E-state index in [0.717, 1.165) is 25.9 Å². The standard InChI is InChI=1S/C25H29N3O/c1-2-26-25(29)28-17-15-21(16-18-28)27-24(20-10-4-3-5-11-20)23-14-8-12-19-9-6-7-13-22(19)23/h3-14,21,24,27H,2,15-18H2,1H3,(H,26,29). The van der Waals surface area contributed by atoms with Crippen LogP contribution in [0, 0.1) is 0 Å². The van der Waals surface area contributed by atoms with Crippen LogP contribution in [0.5, 0.6) is 0 Å². The molecule has 4 nitrogen and oxygen atoms in total. The molecule has 0 radical (unpaired) electrons. The Bertz CT molecular complexity index is 943. The molecule has 4 rings (SSSR count). The van der Waals surface area contributed by atoms with Gasteiger partial charge in [-0.25, -0.2) is 4.79 Å². The first-order chi connectivity index (χ1) is 14.3. The van der Waals surface area contributed by atoms with Gasteiger partial charge in [0, 0.05) is 25.7 Å². The van der Waals surface area contributed by atoms with Gasteiger partial charge >= 0.3 is 6.03 Å². The van der Waals surface area contributed by atoms with E-state index in [1.54, 1.807) is 0 Å². The van der Waals surface area contributed by atoms with Crippen LogP contribution in [0.2, 0.25) is 0 Å². The average Bonchev–Trinajstić information content (AvgIpc) is 2.78. The van der Waals surface area contributed by atoms with Crippen molar-refractivity contribution >= 4 is 16.8 Å². The number of carbonyl (C=O) groups excluding carboxylic acids is 1. The summed E-state index contributed by atoms with van der Waals surface area (Å²) in [4.78, 5) is 14.0. The van der Waals surface area contributed by atoms with E-state index in [4.69, 9.17) is 0 Å². The Hall–Kier alpha value is -2.85. The molecule has 0 aromatic heterocycles. The van der Waals surface area contributed by atoms with Gasteiger partial charge in [-0.3, -0.25) is 0 Å². The largest absolute Gasteiger partial charge is 0.338 e. The van der Waals surface area contributed by atoms with Crippen molar-refractivity contribution in [1.82, 2.24) is 15.5 Å². The minimum Gasteiger partial charge on any atom is -0.338 e. The quantitative estimate of drug-likeness (QED) is 0.666. The van der Waals surface area contributed by atoms with Crippen molar-refractivity contribution in [2.24, 2.45) is 0 Å². The van der Waals surface area contributed by atoms with E-state index in [1.165, 1.54) is 21.9 Å². The molecule has 1 saturated heterocycles. The number of benzene rings is 3. The predicted molar refractivity (Wildman–Crippen MR) is 119 cm³/mol. The Balaban J connectivity index is 1.58. The van der Waals surface area contributed by atoms with Gasteiger partial charge in [0.15, 0.2) is 0 Å². The molecule has 2 N–H and O–H groups in total. The fraction of sp³-hybridized carbons (Fsp3) is 0.320. The number of hydrogen-bond donors (Lipinski definition) is 2. The van der Waals surface area contributed by atoms with Gasteiger partial charge in [-0.05, 0) is 41.7 Å². The first kappa shape index (κ1) is 19.5. The first-order valence-electron chi connectivity index (χ1n) is 10.6. The van der Waals surface area contributed by atoms with E-state index in [1.807, 2.05) is 11.8 Å². The Morgan fingerprint density at radius 1 is 0.966 bits per heavy atom. The number of rotatable bonds is 5. The Morgan fingerprint density at radius 3 is 2.41 bits per heavy atom. The third kappa shape index (κ3) is 4.43. The van der Waals surface area contributed by atoms with Crippen LogP contribution in [-0.4, -0.2) is 36.6 Å². The molecular weight excluding hydrogens is 358 g/mol. The summed E-state index contributed by atoms with van der Waals surface area (Å²) in [7, 11) is 0.